The molecule has 0 spiro atoms. The summed E-state index contributed by atoms with van der Waals surface area (Å²) in [6.07, 6.45) is 5.00. The van der Waals surface area contributed by atoms with Crippen molar-refractivity contribution in [2.24, 2.45) is 0 Å². The predicted octanol–water partition coefficient (Wildman–Crippen LogP) is 1.58. The molecular formula is C12H22N2O2S2. The van der Waals surface area contributed by atoms with Crippen LogP contribution in [-0.4, -0.2) is 43.5 Å². The molecule has 2 atom stereocenters. The summed E-state index contributed by atoms with van der Waals surface area (Å²) in [6.45, 7) is 2.96. The van der Waals surface area contributed by atoms with E-state index < -0.39 is 9.84 Å². The van der Waals surface area contributed by atoms with Crippen LogP contribution in [0.1, 0.15) is 32.6 Å². The molecule has 0 bridgehead atoms. The lowest BCUT2D eigenvalue weighted by atomic mass is 10.00. The highest BCUT2D eigenvalue weighted by Gasteiger charge is 2.38. The third-order valence-corrected chi connectivity index (χ3v) is 5.72. The SMILES string of the molecule is CCCNC1(C#N)CCC(SCCS(C)(=O)=O)C1. The lowest BCUT2D eigenvalue weighted by Crippen LogP contribution is -2.42. The zero-order chi connectivity index (χ0) is 13.6. The number of hydrogen-bond acceptors (Lipinski definition) is 5. The third-order valence-electron chi connectivity index (χ3n) is 3.20. The fraction of sp³-hybridized carbons (Fsp3) is 0.917. The number of hydrogen-bond donors (Lipinski definition) is 1. The summed E-state index contributed by atoms with van der Waals surface area (Å²) in [5.74, 6) is 0.870. The highest BCUT2D eigenvalue weighted by Crippen LogP contribution is 2.36. The van der Waals surface area contributed by atoms with E-state index in [-0.39, 0.29) is 11.3 Å². The largest absolute Gasteiger partial charge is 0.299 e. The Morgan fingerprint density at radius 1 is 1.56 bits per heavy atom. The topological polar surface area (TPSA) is 70.0 Å². The molecule has 1 saturated carbocycles. The molecule has 0 radical (unpaired) electrons. The lowest BCUT2D eigenvalue weighted by Gasteiger charge is -2.22. The van der Waals surface area contributed by atoms with Gasteiger partial charge in [-0.2, -0.15) is 17.0 Å². The van der Waals surface area contributed by atoms with E-state index in [1.54, 1.807) is 11.8 Å². The molecule has 104 valence electrons. The fourth-order valence-electron chi connectivity index (χ4n) is 2.17. The summed E-state index contributed by atoms with van der Waals surface area (Å²) in [6, 6.07) is 2.41. The van der Waals surface area contributed by atoms with Gasteiger partial charge in [0.05, 0.1) is 11.8 Å². The highest BCUT2D eigenvalue weighted by molar-refractivity contribution is 8.01. The molecule has 0 aromatic heterocycles. The molecular weight excluding hydrogens is 268 g/mol. The first-order valence-electron chi connectivity index (χ1n) is 6.36. The first-order chi connectivity index (χ1) is 8.41. The van der Waals surface area contributed by atoms with Gasteiger partial charge in [0, 0.05) is 17.3 Å². The van der Waals surface area contributed by atoms with Crippen LogP contribution in [0.4, 0.5) is 0 Å². The minimum Gasteiger partial charge on any atom is -0.299 e. The van der Waals surface area contributed by atoms with E-state index in [4.69, 9.17) is 0 Å². The molecule has 6 heteroatoms. The summed E-state index contributed by atoms with van der Waals surface area (Å²) < 4.78 is 22.1. The quantitative estimate of drug-likeness (QED) is 0.771. The summed E-state index contributed by atoms with van der Waals surface area (Å²) in [5.41, 5.74) is -0.376. The van der Waals surface area contributed by atoms with Crippen molar-refractivity contribution in [1.29, 1.82) is 5.26 Å². The van der Waals surface area contributed by atoms with Crippen LogP contribution >= 0.6 is 11.8 Å². The normalized spacial score (nSPS) is 28.2. The predicted molar refractivity (Wildman–Crippen MR) is 76.4 cm³/mol. The molecule has 0 amide bonds. The van der Waals surface area contributed by atoms with E-state index in [9.17, 15) is 13.7 Å². The number of nitrogens with zero attached hydrogens (tertiary/aromatic N) is 1. The van der Waals surface area contributed by atoms with Gasteiger partial charge in [-0.1, -0.05) is 6.92 Å². The Morgan fingerprint density at radius 3 is 2.83 bits per heavy atom. The monoisotopic (exact) mass is 290 g/mol. The van der Waals surface area contributed by atoms with Crippen molar-refractivity contribution >= 4 is 21.6 Å². The third kappa shape index (κ3) is 5.17. The van der Waals surface area contributed by atoms with Crippen LogP contribution in [0.2, 0.25) is 0 Å². The van der Waals surface area contributed by atoms with Gasteiger partial charge in [0.25, 0.3) is 0 Å². The average molecular weight is 290 g/mol. The maximum absolute atomic E-state index is 11.1. The molecule has 4 nitrogen and oxygen atoms in total. The Morgan fingerprint density at radius 2 is 2.28 bits per heavy atom. The van der Waals surface area contributed by atoms with E-state index in [1.165, 1.54) is 6.26 Å². The molecule has 0 aromatic rings. The summed E-state index contributed by atoms with van der Waals surface area (Å²) in [5, 5.41) is 13.0. The molecule has 1 aliphatic carbocycles. The first kappa shape index (κ1) is 15.8. The van der Waals surface area contributed by atoms with E-state index in [0.29, 0.717) is 11.0 Å². The summed E-state index contributed by atoms with van der Waals surface area (Å²) >= 11 is 1.69. The molecule has 1 N–H and O–H groups in total. The van der Waals surface area contributed by atoms with Crippen LogP contribution in [0, 0.1) is 11.3 Å². The minimum absolute atomic E-state index is 0.232. The highest BCUT2D eigenvalue weighted by atomic mass is 32.2. The number of sulfone groups is 1. The minimum atomic E-state index is -2.87. The number of nitrogens with one attached hydrogen (secondary N) is 1. The van der Waals surface area contributed by atoms with Gasteiger partial charge in [0.15, 0.2) is 0 Å². The zero-order valence-corrected chi connectivity index (χ0v) is 12.7. The molecule has 1 rings (SSSR count). The molecule has 2 unspecified atom stereocenters. The Kier molecular flexibility index (Phi) is 5.96. The number of nitriles is 1. The van der Waals surface area contributed by atoms with Crippen molar-refractivity contribution in [2.45, 2.75) is 43.4 Å². The van der Waals surface area contributed by atoms with Gasteiger partial charge in [0.2, 0.25) is 0 Å². The molecule has 1 fully saturated rings. The van der Waals surface area contributed by atoms with Crippen LogP contribution in [0.15, 0.2) is 0 Å². The van der Waals surface area contributed by atoms with Gasteiger partial charge in [-0.3, -0.25) is 5.32 Å². The van der Waals surface area contributed by atoms with Crippen LogP contribution in [0.5, 0.6) is 0 Å². The van der Waals surface area contributed by atoms with Crippen molar-refractivity contribution in [3.05, 3.63) is 0 Å². The van der Waals surface area contributed by atoms with Gasteiger partial charge >= 0.3 is 0 Å². The fourth-order valence-corrected chi connectivity index (χ4v) is 4.79. The second-order valence-electron chi connectivity index (χ2n) is 4.99. The van der Waals surface area contributed by atoms with Crippen LogP contribution in [-0.2, 0) is 9.84 Å². The van der Waals surface area contributed by atoms with Gasteiger partial charge in [-0.25, -0.2) is 8.42 Å². The molecule has 1 aliphatic rings. The molecule has 0 saturated heterocycles. The Hall–Kier alpha value is -0.250. The van der Waals surface area contributed by atoms with Gasteiger partial charge in [-0.15, -0.1) is 0 Å². The first-order valence-corrected chi connectivity index (χ1v) is 9.47. The molecule has 0 heterocycles. The number of thioether (sulfide) groups is 1. The standard InChI is InChI=1S/C12H22N2O2S2/c1-3-6-14-12(10-13)5-4-11(9-12)17-7-8-18(2,15)16/h11,14H,3-9H2,1-2H3. The second kappa shape index (κ2) is 6.78. The lowest BCUT2D eigenvalue weighted by molar-refractivity contribution is 0.424. The average Bonchev–Trinajstić information content (AvgIpc) is 2.69. The Bertz CT molecular complexity index is 403. The van der Waals surface area contributed by atoms with E-state index in [2.05, 4.69) is 18.3 Å². The van der Waals surface area contributed by atoms with E-state index in [1.807, 2.05) is 0 Å². The molecule has 0 aliphatic heterocycles. The Balaban J connectivity index is 2.38. The Labute approximate surface area is 114 Å². The van der Waals surface area contributed by atoms with Crippen molar-refractivity contribution < 1.29 is 8.42 Å². The van der Waals surface area contributed by atoms with Crippen LogP contribution in [0.3, 0.4) is 0 Å². The van der Waals surface area contributed by atoms with Gasteiger partial charge < -0.3 is 0 Å². The van der Waals surface area contributed by atoms with Gasteiger partial charge in [0.1, 0.15) is 15.4 Å². The van der Waals surface area contributed by atoms with E-state index >= 15 is 0 Å². The van der Waals surface area contributed by atoms with Crippen molar-refractivity contribution in [2.75, 3.05) is 24.3 Å². The van der Waals surface area contributed by atoms with E-state index in [0.717, 1.165) is 32.2 Å². The van der Waals surface area contributed by atoms with Crippen molar-refractivity contribution in [3.8, 4) is 6.07 Å². The van der Waals surface area contributed by atoms with Crippen molar-refractivity contribution in [1.82, 2.24) is 5.32 Å². The van der Waals surface area contributed by atoms with Crippen molar-refractivity contribution in [3.63, 3.8) is 0 Å². The zero-order valence-electron chi connectivity index (χ0n) is 11.1. The summed E-state index contributed by atoms with van der Waals surface area (Å²) in [4.78, 5) is 0. The number of rotatable bonds is 7. The molecule has 18 heavy (non-hydrogen) atoms. The van der Waals surface area contributed by atoms with Crippen LogP contribution in [0.25, 0.3) is 0 Å². The maximum atomic E-state index is 11.1. The maximum Gasteiger partial charge on any atom is 0.148 e. The molecule has 0 aromatic carbocycles. The summed E-state index contributed by atoms with van der Waals surface area (Å²) in [7, 11) is -2.87. The second-order valence-corrected chi connectivity index (χ2v) is 8.65. The smallest absolute Gasteiger partial charge is 0.148 e. The van der Waals surface area contributed by atoms with Gasteiger partial charge in [-0.05, 0) is 32.2 Å². The van der Waals surface area contributed by atoms with Crippen LogP contribution < -0.4 is 5.32 Å².